The number of hydrogen-bond acceptors (Lipinski definition) is 2. The lowest BCUT2D eigenvalue weighted by Crippen LogP contribution is -2.16. The second kappa shape index (κ2) is 8.21. The molecule has 2 aromatic carbocycles. The molecular formula is C21H23NO2. The molecule has 0 saturated carbocycles. The fourth-order valence-electron chi connectivity index (χ4n) is 2.74. The third kappa shape index (κ3) is 4.89. The minimum absolute atomic E-state index is 0.0271. The van der Waals surface area contributed by atoms with E-state index < -0.39 is 5.97 Å². The minimum atomic E-state index is -0.830. The number of aliphatic carboxylic acids is 1. The van der Waals surface area contributed by atoms with Crippen LogP contribution in [0.1, 0.15) is 36.0 Å². The van der Waals surface area contributed by atoms with Crippen molar-refractivity contribution in [3.63, 3.8) is 0 Å². The minimum Gasteiger partial charge on any atom is -0.481 e. The van der Waals surface area contributed by atoms with E-state index in [9.17, 15) is 4.79 Å². The van der Waals surface area contributed by atoms with Gasteiger partial charge in [-0.25, -0.2) is 0 Å². The Kier molecular flexibility index (Phi) is 6.03. The largest absolute Gasteiger partial charge is 0.481 e. The first-order valence-electron chi connectivity index (χ1n) is 8.00. The van der Waals surface area contributed by atoms with Gasteiger partial charge in [0, 0.05) is 19.3 Å². The lowest BCUT2D eigenvalue weighted by molar-refractivity contribution is -0.137. The normalized spacial score (nSPS) is 11.3. The van der Waals surface area contributed by atoms with Crippen molar-refractivity contribution in [1.82, 2.24) is 0 Å². The highest BCUT2D eigenvalue weighted by molar-refractivity contribution is 5.69. The van der Waals surface area contributed by atoms with Crippen LogP contribution in [0.3, 0.4) is 0 Å². The summed E-state index contributed by atoms with van der Waals surface area (Å²) < 4.78 is 0. The Labute approximate surface area is 143 Å². The molecule has 0 amide bonds. The van der Waals surface area contributed by atoms with Crippen LogP contribution in [0, 0.1) is 18.8 Å². The molecule has 3 heteroatoms. The lowest BCUT2D eigenvalue weighted by Gasteiger charge is -2.20. The molecule has 0 spiro atoms. The zero-order valence-electron chi connectivity index (χ0n) is 14.4. The van der Waals surface area contributed by atoms with Crippen molar-refractivity contribution < 1.29 is 9.90 Å². The molecule has 1 N–H and O–H groups in total. The number of carboxylic acid groups (broad SMARTS) is 1. The highest BCUT2D eigenvalue weighted by atomic mass is 16.4. The third-order valence-corrected chi connectivity index (χ3v) is 3.94. The average Bonchev–Trinajstić information content (AvgIpc) is 2.54. The number of anilines is 1. The van der Waals surface area contributed by atoms with Crippen LogP contribution < -0.4 is 4.90 Å². The van der Waals surface area contributed by atoms with Crippen molar-refractivity contribution in [3.05, 3.63) is 65.2 Å². The first kappa shape index (κ1) is 17.6. The van der Waals surface area contributed by atoms with Gasteiger partial charge < -0.3 is 10.0 Å². The molecule has 0 radical (unpaired) electrons. The smallest absolute Gasteiger partial charge is 0.304 e. The fraction of sp³-hybridized carbons (Fsp3) is 0.286. The molecule has 2 aromatic rings. The van der Waals surface area contributed by atoms with Gasteiger partial charge in [-0.1, -0.05) is 47.9 Å². The maximum Gasteiger partial charge on any atom is 0.304 e. The number of carbonyl (C=O) groups is 1. The molecule has 0 aromatic heterocycles. The third-order valence-electron chi connectivity index (χ3n) is 3.94. The zero-order valence-corrected chi connectivity index (χ0v) is 14.4. The standard InChI is InChI=1S/C21H23NO2/c1-4-6-19(14-21(23)24)18-9-11-20(12-10-18)22(3)15-17-8-5-7-16(2)13-17/h5,7-13,19H,14-15H2,1-3H3,(H,23,24). The van der Waals surface area contributed by atoms with E-state index in [0.717, 1.165) is 17.8 Å². The lowest BCUT2D eigenvalue weighted by atomic mass is 9.96. The maximum absolute atomic E-state index is 11.0. The SMILES string of the molecule is CC#CC(CC(=O)O)c1ccc(N(C)Cc2cccc(C)c2)cc1. The number of rotatable bonds is 6. The van der Waals surface area contributed by atoms with Crippen LogP contribution in [0.5, 0.6) is 0 Å². The number of aryl methyl sites for hydroxylation is 1. The molecule has 1 unspecified atom stereocenters. The van der Waals surface area contributed by atoms with Crippen LogP contribution in [-0.2, 0) is 11.3 Å². The van der Waals surface area contributed by atoms with E-state index in [2.05, 4.69) is 55.0 Å². The van der Waals surface area contributed by atoms with Gasteiger partial charge in [-0.2, -0.15) is 0 Å². The molecule has 0 aliphatic heterocycles. The molecule has 2 rings (SSSR count). The van der Waals surface area contributed by atoms with Gasteiger partial charge in [-0.15, -0.1) is 5.92 Å². The van der Waals surface area contributed by atoms with Crippen LogP contribution in [0.2, 0.25) is 0 Å². The molecule has 0 heterocycles. The fourth-order valence-corrected chi connectivity index (χ4v) is 2.74. The first-order chi connectivity index (χ1) is 11.5. The van der Waals surface area contributed by atoms with Crippen molar-refractivity contribution >= 4 is 11.7 Å². The van der Waals surface area contributed by atoms with Gasteiger partial charge in [0.2, 0.25) is 0 Å². The average molecular weight is 321 g/mol. The summed E-state index contributed by atoms with van der Waals surface area (Å²) in [6, 6.07) is 16.5. The number of benzene rings is 2. The Hall–Kier alpha value is -2.73. The highest BCUT2D eigenvalue weighted by Crippen LogP contribution is 2.23. The van der Waals surface area contributed by atoms with Gasteiger partial charge in [0.15, 0.2) is 0 Å². The molecule has 24 heavy (non-hydrogen) atoms. The zero-order chi connectivity index (χ0) is 17.5. The van der Waals surface area contributed by atoms with Crippen molar-refractivity contribution in [3.8, 4) is 11.8 Å². The highest BCUT2D eigenvalue weighted by Gasteiger charge is 2.13. The number of hydrogen-bond donors (Lipinski definition) is 1. The van der Waals surface area contributed by atoms with Gasteiger partial charge in [0.25, 0.3) is 0 Å². The monoisotopic (exact) mass is 321 g/mol. The molecule has 0 aliphatic rings. The van der Waals surface area contributed by atoms with Crippen molar-refractivity contribution in [1.29, 1.82) is 0 Å². The van der Waals surface area contributed by atoms with Gasteiger partial charge in [-0.3, -0.25) is 4.79 Å². The molecular weight excluding hydrogens is 298 g/mol. The molecule has 124 valence electrons. The van der Waals surface area contributed by atoms with Gasteiger partial charge in [0.05, 0.1) is 12.3 Å². The topological polar surface area (TPSA) is 40.5 Å². The van der Waals surface area contributed by atoms with E-state index >= 15 is 0 Å². The van der Waals surface area contributed by atoms with E-state index in [1.807, 2.05) is 24.3 Å². The Balaban J connectivity index is 2.12. The summed E-state index contributed by atoms with van der Waals surface area (Å²) in [7, 11) is 2.05. The van der Waals surface area contributed by atoms with Crippen LogP contribution in [0.4, 0.5) is 5.69 Å². The molecule has 3 nitrogen and oxygen atoms in total. The Morgan fingerprint density at radius 3 is 2.50 bits per heavy atom. The predicted molar refractivity (Wildman–Crippen MR) is 98.2 cm³/mol. The Bertz CT molecular complexity index is 753. The van der Waals surface area contributed by atoms with E-state index in [1.54, 1.807) is 6.92 Å². The van der Waals surface area contributed by atoms with Crippen LogP contribution in [0.15, 0.2) is 48.5 Å². The van der Waals surface area contributed by atoms with Gasteiger partial charge in [-0.05, 0) is 37.1 Å². The van der Waals surface area contributed by atoms with Crippen LogP contribution >= 0.6 is 0 Å². The summed E-state index contributed by atoms with van der Waals surface area (Å²) in [5.74, 6) is 4.71. The molecule has 0 saturated heterocycles. The Morgan fingerprint density at radius 2 is 1.92 bits per heavy atom. The van der Waals surface area contributed by atoms with E-state index in [1.165, 1.54) is 11.1 Å². The van der Waals surface area contributed by atoms with Crippen molar-refractivity contribution in [2.45, 2.75) is 32.7 Å². The van der Waals surface area contributed by atoms with E-state index in [4.69, 9.17) is 5.11 Å². The summed E-state index contributed by atoms with van der Waals surface area (Å²) in [4.78, 5) is 13.2. The van der Waals surface area contributed by atoms with E-state index in [0.29, 0.717) is 0 Å². The maximum atomic E-state index is 11.0. The number of carboxylic acids is 1. The van der Waals surface area contributed by atoms with Gasteiger partial charge in [0.1, 0.15) is 0 Å². The number of nitrogens with zero attached hydrogens (tertiary/aromatic N) is 1. The second-order valence-corrected chi connectivity index (χ2v) is 5.98. The van der Waals surface area contributed by atoms with Crippen LogP contribution in [0.25, 0.3) is 0 Å². The summed E-state index contributed by atoms with van der Waals surface area (Å²) >= 11 is 0. The molecule has 0 bridgehead atoms. The molecule has 1 atom stereocenters. The first-order valence-corrected chi connectivity index (χ1v) is 8.00. The summed E-state index contributed by atoms with van der Waals surface area (Å²) in [6.45, 7) is 4.66. The van der Waals surface area contributed by atoms with Crippen LogP contribution in [-0.4, -0.2) is 18.1 Å². The predicted octanol–water partition coefficient (Wildman–Crippen LogP) is 4.21. The Morgan fingerprint density at radius 1 is 1.21 bits per heavy atom. The summed E-state index contributed by atoms with van der Waals surface area (Å²) in [6.07, 6.45) is 0.0271. The van der Waals surface area contributed by atoms with Crippen molar-refractivity contribution in [2.24, 2.45) is 0 Å². The second-order valence-electron chi connectivity index (χ2n) is 5.98. The quantitative estimate of drug-likeness (QED) is 0.810. The van der Waals surface area contributed by atoms with E-state index in [-0.39, 0.29) is 12.3 Å². The molecule has 0 aliphatic carbocycles. The van der Waals surface area contributed by atoms with Crippen molar-refractivity contribution in [2.75, 3.05) is 11.9 Å². The summed E-state index contributed by atoms with van der Waals surface area (Å²) in [5.41, 5.74) is 4.56. The van der Waals surface area contributed by atoms with Gasteiger partial charge >= 0.3 is 5.97 Å². The molecule has 0 fully saturated rings. The summed E-state index contributed by atoms with van der Waals surface area (Å²) in [5, 5.41) is 9.03.